The maximum absolute atomic E-state index is 9.29. The van der Waals surface area contributed by atoms with Crippen LogP contribution in [-0.2, 0) is 6.54 Å². The molecular weight excluding hydrogens is 198 g/mol. The van der Waals surface area contributed by atoms with Crippen molar-refractivity contribution < 1.29 is 5.11 Å². The number of aliphatic hydroxyl groups is 1. The van der Waals surface area contributed by atoms with E-state index in [1.54, 1.807) is 17.8 Å². The third-order valence-corrected chi connectivity index (χ3v) is 2.87. The summed E-state index contributed by atoms with van der Waals surface area (Å²) >= 11 is 1.48. The van der Waals surface area contributed by atoms with E-state index in [2.05, 4.69) is 10.1 Å². The quantitative estimate of drug-likeness (QED) is 0.832. The molecule has 0 radical (unpaired) electrons. The molecule has 74 valence electrons. The van der Waals surface area contributed by atoms with E-state index in [0.717, 1.165) is 10.7 Å². The van der Waals surface area contributed by atoms with Gasteiger partial charge in [-0.2, -0.15) is 5.10 Å². The van der Waals surface area contributed by atoms with E-state index in [1.807, 2.05) is 17.6 Å². The summed E-state index contributed by atoms with van der Waals surface area (Å²) < 4.78 is 1.81. The predicted molar refractivity (Wildman–Crippen MR) is 54.1 cm³/mol. The SMILES string of the molecule is CC(O)c1nc(Cn2cccn2)cs1. The average Bonchev–Trinajstić information content (AvgIpc) is 2.75. The highest BCUT2D eigenvalue weighted by atomic mass is 32.1. The second-order valence-electron chi connectivity index (χ2n) is 3.06. The molecule has 0 aliphatic rings. The Labute approximate surface area is 85.8 Å². The first-order chi connectivity index (χ1) is 6.75. The monoisotopic (exact) mass is 209 g/mol. The summed E-state index contributed by atoms with van der Waals surface area (Å²) in [5, 5.41) is 16.1. The first kappa shape index (κ1) is 9.36. The topological polar surface area (TPSA) is 50.9 Å². The van der Waals surface area contributed by atoms with Gasteiger partial charge in [0.1, 0.15) is 11.1 Å². The lowest BCUT2D eigenvalue weighted by atomic mass is 10.4. The van der Waals surface area contributed by atoms with Gasteiger partial charge < -0.3 is 5.11 Å². The minimum atomic E-state index is -0.480. The highest BCUT2D eigenvalue weighted by molar-refractivity contribution is 7.09. The normalized spacial score (nSPS) is 13.0. The van der Waals surface area contributed by atoms with Gasteiger partial charge in [-0.25, -0.2) is 4.98 Å². The van der Waals surface area contributed by atoms with Crippen LogP contribution in [0, 0.1) is 0 Å². The fourth-order valence-electron chi connectivity index (χ4n) is 1.15. The summed E-state index contributed by atoms with van der Waals surface area (Å²) in [5.41, 5.74) is 0.939. The molecule has 1 N–H and O–H groups in total. The number of nitrogens with zero attached hydrogens (tertiary/aromatic N) is 3. The van der Waals surface area contributed by atoms with Gasteiger partial charge in [-0.05, 0) is 13.0 Å². The molecule has 0 spiro atoms. The first-order valence-electron chi connectivity index (χ1n) is 4.35. The smallest absolute Gasteiger partial charge is 0.121 e. The minimum Gasteiger partial charge on any atom is -0.386 e. The highest BCUT2D eigenvalue weighted by Gasteiger charge is 2.06. The molecule has 0 aliphatic heterocycles. The van der Waals surface area contributed by atoms with Gasteiger partial charge >= 0.3 is 0 Å². The Morgan fingerprint density at radius 2 is 2.50 bits per heavy atom. The molecule has 4 nitrogen and oxygen atoms in total. The van der Waals surface area contributed by atoms with Gasteiger partial charge in [0.25, 0.3) is 0 Å². The van der Waals surface area contributed by atoms with Crippen molar-refractivity contribution in [2.45, 2.75) is 19.6 Å². The Bertz CT molecular complexity index is 394. The van der Waals surface area contributed by atoms with Crippen LogP contribution in [0.4, 0.5) is 0 Å². The number of hydrogen-bond donors (Lipinski definition) is 1. The summed E-state index contributed by atoms with van der Waals surface area (Å²) in [6.45, 7) is 2.38. The molecule has 2 rings (SSSR count). The van der Waals surface area contributed by atoms with Gasteiger partial charge in [0, 0.05) is 17.8 Å². The maximum Gasteiger partial charge on any atom is 0.121 e. The first-order valence-corrected chi connectivity index (χ1v) is 5.23. The zero-order valence-electron chi connectivity index (χ0n) is 7.79. The third kappa shape index (κ3) is 2.00. The highest BCUT2D eigenvalue weighted by Crippen LogP contribution is 2.17. The van der Waals surface area contributed by atoms with Gasteiger partial charge in [0.05, 0.1) is 12.2 Å². The molecule has 0 saturated carbocycles. The van der Waals surface area contributed by atoms with Crippen molar-refractivity contribution in [3.05, 3.63) is 34.5 Å². The van der Waals surface area contributed by atoms with Crippen LogP contribution in [0.1, 0.15) is 23.7 Å². The number of thiazole rings is 1. The summed E-state index contributed by atoms with van der Waals surface area (Å²) in [5.74, 6) is 0. The van der Waals surface area contributed by atoms with Crippen molar-refractivity contribution in [3.63, 3.8) is 0 Å². The van der Waals surface area contributed by atoms with Crippen molar-refractivity contribution >= 4 is 11.3 Å². The lowest BCUT2D eigenvalue weighted by molar-refractivity contribution is 0.198. The van der Waals surface area contributed by atoms with Crippen LogP contribution in [0.25, 0.3) is 0 Å². The summed E-state index contributed by atoms with van der Waals surface area (Å²) in [4.78, 5) is 4.29. The van der Waals surface area contributed by atoms with E-state index in [0.29, 0.717) is 6.54 Å². The number of aliphatic hydroxyl groups excluding tert-OH is 1. The van der Waals surface area contributed by atoms with Crippen molar-refractivity contribution in [1.82, 2.24) is 14.8 Å². The molecule has 5 heteroatoms. The van der Waals surface area contributed by atoms with Gasteiger partial charge in [-0.3, -0.25) is 4.68 Å². The number of hydrogen-bond acceptors (Lipinski definition) is 4. The zero-order chi connectivity index (χ0) is 9.97. The van der Waals surface area contributed by atoms with E-state index in [4.69, 9.17) is 0 Å². The summed E-state index contributed by atoms with van der Waals surface area (Å²) in [6.07, 6.45) is 3.15. The molecule has 0 aromatic carbocycles. The van der Waals surface area contributed by atoms with Gasteiger partial charge in [-0.1, -0.05) is 0 Å². The van der Waals surface area contributed by atoms with Gasteiger partial charge in [0.15, 0.2) is 0 Å². The van der Waals surface area contributed by atoms with Crippen LogP contribution in [0.5, 0.6) is 0 Å². The summed E-state index contributed by atoms with van der Waals surface area (Å²) in [6, 6.07) is 1.88. The standard InChI is InChI=1S/C9H11N3OS/c1-7(13)9-11-8(6-14-9)5-12-4-2-3-10-12/h2-4,6-7,13H,5H2,1H3. The minimum absolute atomic E-state index is 0.480. The Balaban J connectivity index is 2.11. The fourth-order valence-corrected chi connectivity index (χ4v) is 1.90. The molecular formula is C9H11N3OS. The molecule has 2 heterocycles. The Hall–Kier alpha value is -1.20. The molecule has 1 unspecified atom stereocenters. The molecule has 0 bridgehead atoms. The van der Waals surface area contributed by atoms with Crippen LogP contribution in [0.3, 0.4) is 0 Å². The second kappa shape index (κ2) is 3.89. The van der Waals surface area contributed by atoms with Crippen molar-refractivity contribution in [2.75, 3.05) is 0 Å². The molecule has 2 aromatic heterocycles. The van der Waals surface area contributed by atoms with E-state index < -0.39 is 6.10 Å². The second-order valence-corrected chi connectivity index (χ2v) is 3.95. The number of rotatable bonds is 3. The van der Waals surface area contributed by atoms with E-state index in [-0.39, 0.29) is 0 Å². The third-order valence-electron chi connectivity index (χ3n) is 1.81. The molecule has 1 atom stereocenters. The molecule has 0 fully saturated rings. The number of aromatic nitrogens is 3. The molecule has 0 amide bonds. The molecule has 0 saturated heterocycles. The van der Waals surface area contributed by atoms with E-state index in [1.165, 1.54) is 11.3 Å². The van der Waals surface area contributed by atoms with Crippen LogP contribution >= 0.6 is 11.3 Å². The van der Waals surface area contributed by atoms with Crippen LogP contribution < -0.4 is 0 Å². The van der Waals surface area contributed by atoms with Crippen molar-refractivity contribution in [2.24, 2.45) is 0 Å². The van der Waals surface area contributed by atoms with Gasteiger partial charge in [-0.15, -0.1) is 11.3 Å². The molecule has 14 heavy (non-hydrogen) atoms. The van der Waals surface area contributed by atoms with Crippen LogP contribution in [0.2, 0.25) is 0 Å². The van der Waals surface area contributed by atoms with Crippen LogP contribution in [-0.4, -0.2) is 19.9 Å². The average molecular weight is 209 g/mol. The Morgan fingerprint density at radius 3 is 3.07 bits per heavy atom. The lowest BCUT2D eigenvalue weighted by Crippen LogP contribution is -2.00. The zero-order valence-corrected chi connectivity index (χ0v) is 8.61. The van der Waals surface area contributed by atoms with Crippen molar-refractivity contribution in [3.8, 4) is 0 Å². The molecule has 0 aliphatic carbocycles. The Morgan fingerprint density at radius 1 is 1.64 bits per heavy atom. The van der Waals surface area contributed by atoms with E-state index in [9.17, 15) is 5.11 Å². The predicted octanol–water partition coefficient (Wildman–Crippen LogP) is 1.44. The fraction of sp³-hybridized carbons (Fsp3) is 0.333. The maximum atomic E-state index is 9.29. The van der Waals surface area contributed by atoms with Crippen LogP contribution in [0.15, 0.2) is 23.8 Å². The summed E-state index contributed by atoms with van der Waals surface area (Å²) in [7, 11) is 0. The largest absolute Gasteiger partial charge is 0.386 e. The Kier molecular flexibility index (Phi) is 2.60. The van der Waals surface area contributed by atoms with E-state index >= 15 is 0 Å². The van der Waals surface area contributed by atoms with Crippen molar-refractivity contribution in [1.29, 1.82) is 0 Å². The lowest BCUT2D eigenvalue weighted by Gasteiger charge is -1.97. The molecule has 2 aromatic rings. The van der Waals surface area contributed by atoms with Gasteiger partial charge in [0.2, 0.25) is 0 Å².